The normalized spacial score (nSPS) is 18.7. The molecule has 0 N–H and O–H groups in total. The Morgan fingerprint density at radius 1 is 0.931 bits per heavy atom. The van der Waals surface area contributed by atoms with Crippen LogP contribution in [0, 0.1) is 11.7 Å². The van der Waals surface area contributed by atoms with Crippen LogP contribution in [0.5, 0.6) is 0 Å². The molecule has 4 rings (SSSR count). The lowest BCUT2D eigenvalue weighted by atomic mass is 9.69. The van der Waals surface area contributed by atoms with Crippen LogP contribution in [0.15, 0.2) is 54.6 Å². The van der Waals surface area contributed by atoms with E-state index in [1.807, 2.05) is 18.2 Å². The summed E-state index contributed by atoms with van der Waals surface area (Å²) < 4.78 is 14.0. The van der Waals surface area contributed by atoms with Crippen molar-refractivity contribution in [3.8, 4) is 0 Å². The van der Waals surface area contributed by atoms with Crippen molar-refractivity contribution in [1.29, 1.82) is 0 Å². The molecule has 1 aliphatic rings. The van der Waals surface area contributed by atoms with Crippen LogP contribution < -0.4 is 0 Å². The fourth-order valence-corrected chi connectivity index (χ4v) is 5.26. The van der Waals surface area contributed by atoms with E-state index in [1.54, 1.807) is 12.1 Å². The minimum absolute atomic E-state index is 0.146. The van der Waals surface area contributed by atoms with Crippen LogP contribution in [0.1, 0.15) is 74.5 Å². The summed E-state index contributed by atoms with van der Waals surface area (Å²) in [6.07, 6.45) is 10.1. The van der Waals surface area contributed by atoms with Gasteiger partial charge in [0.15, 0.2) is 0 Å². The van der Waals surface area contributed by atoms with E-state index in [0.717, 1.165) is 22.2 Å². The van der Waals surface area contributed by atoms with Crippen molar-refractivity contribution in [2.75, 3.05) is 0 Å². The Hall–Kier alpha value is -1.86. The first-order valence-electron chi connectivity index (χ1n) is 11.1. The molecule has 0 saturated carbocycles. The molecular weight excluding hydrogens is 379 g/mol. The van der Waals surface area contributed by atoms with Gasteiger partial charge in [-0.1, -0.05) is 81.0 Å². The number of fused-ring (bicyclic) bond motifs is 3. The van der Waals surface area contributed by atoms with Gasteiger partial charge in [0.1, 0.15) is 5.82 Å². The molecule has 0 saturated heterocycles. The molecule has 0 unspecified atom stereocenters. The van der Waals surface area contributed by atoms with Gasteiger partial charge in [0.05, 0.1) is 0 Å². The van der Waals surface area contributed by atoms with E-state index in [1.165, 1.54) is 61.6 Å². The van der Waals surface area contributed by atoms with Crippen molar-refractivity contribution in [2.45, 2.75) is 64.2 Å². The predicted octanol–water partition coefficient (Wildman–Crippen LogP) is 8.69. The first kappa shape index (κ1) is 20.4. The Kier molecular flexibility index (Phi) is 6.55. The third-order valence-corrected chi connectivity index (χ3v) is 6.86. The smallest absolute Gasteiger partial charge is 0.123 e. The lowest BCUT2D eigenvalue weighted by Gasteiger charge is -2.35. The van der Waals surface area contributed by atoms with Gasteiger partial charge in [-0.2, -0.15) is 0 Å². The zero-order valence-corrected chi connectivity index (χ0v) is 18.0. The highest BCUT2D eigenvalue weighted by atomic mass is 35.5. The van der Waals surface area contributed by atoms with Crippen molar-refractivity contribution in [1.82, 2.24) is 0 Å². The van der Waals surface area contributed by atoms with Gasteiger partial charge in [0, 0.05) is 10.9 Å². The second kappa shape index (κ2) is 9.30. The molecule has 0 aromatic heterocycles. The zero-order valence-electron chi connectivity index (χ0n) is 17.3. The summed E-state index contributed by atoms with van der Waals surface area (Å²) in [7, 11) is 0. The topological polar surface area (TPSA) is 0 Å². The lowest BCUT2D eigenvalue weighted by molar-refractivity contribution is 0.367. The van der Waals surface area contributed by atoms with Crippen molar-refractivity contribution >= 4 is 22.4 Å². The summed E-state index contributed by atoms with van der Waals surface area (Å²) >= 11 is 6.17. The fourth-order valence-electron chi connectivity index (χ4n) is 5.13. The molecule has 0 heterocycles. The number of benzene rings is 3. The fraction of sp³-hybridized carbons (Fsp3) is 0.407. The average molecular weight is 409 g/mol. The number of rotatable bonds is 7. The van der Waals surface area contributed by atoms with Crippen LogP contribution in [0.2, 0.25) is 5.02 Å². The molecule has 152 valence electrons. The number of hydrogen-bond acceptors (Lipinski definition) is 0. The van der Waals surface area contributed by atoms with E-state index in [-0.39, 0.29) is 5.82 Å². The van der Waals surface area contributed by atoms with Gasteiger partial charge in [0.2, 0.25) is 0 Å². The second-order valence-corrected chi connectivity index (χ2v) is 8.97. The Morgan fingerprint density at radius 2 is 1.69 bits per heavy atom. The van der Waals surface area contributed by atoms with Gasteiger partial charge in [0.25, 0.3) is 0 Å². The third-order valence-electron chi connectivity index (χ3n) is 6.61. The molecule has 0 nitrogen and oxygen atoms in total. The molecule has 0 bridgehead atoms. The maximum Gasteiger partial charge on any atom is 0.123 e. The van der Waals surface area contributed by atoms with E-state index < -0.39 is 0 Å². The van der Waals surface area contributed by atoms with Crippen molar-refractivity contribution in [3.05, 3.63) is 82.1 Å². The minimum atomic E-state index is -0.146. The molecule has 29 heavy (non-hydrogen) atoms. The highest BCUT2D eigenvalue weighted by Crippen LogP contribution is 2.45. The number of aryl methyl sites for hydroxylation is 1. The summed E-state index contributed by atoms with van der Waals surface area (Å²) in [5.41, 5.74) is 4.06. The monoisotopic (exact) mass is 408 g/mol. The number of unbranched alkanes of at least 4 members (excludes halogenated alkanes) is 4. The van der Waals surface area contributed by atoms with E-state index in [2.05, 4.69) is 31.2 Å². The summed E-state index contributed by atoms with van der Waals surface area (Å²) in [4.78, 5) is 0. The SMILES string of the molecule is CCCCCCC[C@@H]1CCc2c(ccc3ccc(F)cc23)[C@H]1c1ccc(Cl)cc1. The highest BCUT2D eigenvalue weighted by Gasteiger charge is 2.31. The van der Waals surface area contributed by atoms with Gasteiger partial charge in [-0.25, -0.2) is 4.39 Å². The zero-order chi connectivity index (χ0) is 20.2. The van der Waals surface area contributed by atoms with Crippen molar-refractivity contribution < 1.29 is 4.39 Å². The van der Waals surface area contributed by atoms with Crippen LogP contribution in [-0.2, 0) is 6.42 Å². The Balaban J connectivity index is 1.69. The van der Waals surface area contributed by atoms with E-state index in [9.17, 15) is 4.39 Å². The van der Waals surface area contributed by atoms with E-state index >= 15 is 0 Å². The van der Waals surface area contributed by atoms with Crippen LogP contribution >= 0.6 is 11.6 Å². The van der Waals surface area contributed by atoms with Gasteiger partial charge >= 0.3 is 0 Å². The molecule has 0 amide bonds. The Labute approximate surface area is 179 Å². The molecule has 3 aromatic carbocycles. The standard InChI is InChI=1S/C27H30ClF/c1-2-3-4-5-6-7-20-12-16-24-25(27(20)21-8-13-22(28)14-9-21)17-11-19-10-15-23(29)18-26(19)24/h8-11,13-15,17-18,20,27H,2-7,12,16H2,1H3/t20-,27-/m1/s1. The van der Waals surface area contributed by atoms with Gasteiger partial charge in [-0.3, -0.25) is 0 Å². The lowest BCUT2D eigenvalue weighted by Crippen LogP contribution is -2.22. The highest BCUT2D eigenvalue weighted by molar-refractivity contribution is 6.30. The largest absolute Gasteiger partial charge is 0.207 e. The van der Waals surface area contributed by atoms with Crippen LogP contribution in [0.4, 0.5) is 4.39 Å². The van der Waals surface area contributed by atoms with Crippen LogP contribution in [0.25, 0.3) is 10.8 Å². The summed E-state index contributed by atoms with van der Waals surface area (Å²) in [6.45, 7) is 2.27. The Bertz CT molecular complexity index is 960. The molecule has 2 heteroatoms. The maximum absolute atomic E-state index is 14.0. The summed E-state index contributed by atoms with van der Waals surface area (Å²) in [5, 5.41) is 3.00. The van der Waals surface area contributed by atoms with E-state index in [0.29, 0.717) is 11.8 Å². The second-order valence-electron chi connectivity index (χ2n) is 8.53. The van der Waals surface area contributed by atoms with E-state index in [4.69, 9.17) is 11.6 Å². The maximum atomic E-state index is 14.0. The van der Waals surface area contributed by atoms with Gasteiger partial charge < -0.3 is 0 Å². The first-order chi connectivity index (χ1) is 14.2. The molecule has 0 spiro atoms. The third kappa shape index (κ3) is 4.51. The van der Waals surface area contributed by atoms with Gasteiger partial charge in [-0.15, -0.1) is 0 Å². The molecule has 0 aliphatic heterocycles. The molecule has 0 fully saturated rings. The molecule has 0 radical (unpaired) electrons. The number of hydrogen-bond donors (Lipinski definition) is 0. The number of halogens is 2. The summed E-state index contributed by atoms with van der Waals surface area (Å²) in [5.74, 6) is 0.859. The molecule has 3 aromatic rings. The predicted molar refractivity (Wildman–Crippen MR) is 122 cm³/mol. The quantitative estimate of drug-likeness (QED) is 0.343. The van der Waals surface area contributed by atoms with Crippen molar-refractivity contribution in [2.24, 2.45) is 5.92 Å². The Morgan fingerprint density at radius 3 is 2.48 bits per heavy atom. The molecular formula is C27H30ClF. The minimum Gasteiger partial charge on any atom is -0.207 e. The summed E-state index contributed by atoms with van der Waals surface area (Å²) in [6, 6.07) is 18.0. The van der Waals surface area contributed by atoms with Crippen molar-refractivity contribution in [3.63, 3.8) is 0 Å². The van der Waals surface area contributed by atoms with Crippen LogP contribution in [0.3, 0.4) is 0 Å². The molecule has 2 atom stereocenters. The van der Waals surface area contributed by atoms with Gasteiger partial charge in [-0.05, 0) is 76.9 Å². The van der Waals surface area contributed by atoms with Crippen LogP contribution in [-0.4, -0.2) is 0 Å². The molecule has 1 aliphatic carbocycles. The average Bonchev–Trinajstić information content (AvgIpc) is 2.74. The first-order valence-corrected chi connectivity index (χ1v) is 11.5.